The van der Waals surface area contributed by atoms with Gasteiger partial charge in [-0.15, -0.1) is 17.5 Å². The van der Waals surface area contributed by atoms with Crippen LogP contribution in [0.5, 0.6) is 0 Å². The zero-order valence-electron chi connectivity index (χ0n) is 15.5. The average molecular weight is 399 g/mol. The van der Waals surface area contributed by atoms with Gasteiger partial charge in [-0.25, -0.2) is 4.68 Å². The third-order valence-corrected chi connectivity index (χ3v) is 4.91. The first kappa shape index (κ1) is 20.0. The molecule has 0 saturated heterocycles. The highest BCUT2D eigenvalue weighted by Crippen LogP contribution is 2.36. The molecule has 28 heavy (non-hydrogen) atoms. The van der Waals surface area contributed by atoms with Crippen LogP contribution < -0.4 is 11.1 Å². The Morgan fingerprint density at radius 3 is 2.64 bits per heavy atom. The van der Waals surface area contributed by atoms with E-state index in [-0.39, 0.29) is 30.3 Å². The molecular weight excluding hydrogens is 376 g/mol. The van der Waals surface area contributed by atoms with Gasteiger partial charge in [0.1, 0.15) is 0 Å². The molecule has 1 saturated carbocycles. The smallest absolute Gasteiger partial charge is 0.229 e. The zero-order valence-corrected chi connectivity index (χ0v) is 16.3. The molecule has 2 aromatic carbocycles. The van der Waals surface area contributed by atoms with Crippen molar-refractivity contribution in [2.75, 3.05) is 5.32 Å². The Morgan fingerprint density at radius 1 is 1.18 bits per heavy atom. The van der Waals surface area contributed by atoms with Gasteiger partial charge in [0.15, 0.2) is 5.82 Å². The van der Waals surface area contributed by atoms with Gasteiger partial charge < -0.3 is 11.1 Å². The molecule has 3 N–H and O–H groups in total. The summed E-state index contributed by atoms with van der Waals surface area (Å²) in [7, 11) is 0. The molecule has 1 amide bonds. The van der Waals surface area contributed by atoms with Crippen LogP contribution in [-0.2, 0) is 4.79 Å². The van der Waals surface area contributed by atoms with Crippen LogP contribution in [0.4, 0.5) is 5.69 Å². The maximum absolute atomic E-state index is 12.7. The summed E-state index contributed by atoms with van der Waals surface area (Å²) in [5.74, 6) is 0.237. The fraction of sp³-hybridized carbons (Fsp3) is 0.300. The second kappa shape index (κ2) is 8.50. The van der Waals surface area contributed by atoms with Gasteiger partial charge in [-0.2, -0.15) is 0 Å². The second-order valence-electron chi connectivity index (χ2n) is 6.97. The van der Waals surface area contributed by atoms with E-state index in [1.54, 1.807) is 0 Å². The van der Waals surface area contributed by atoms with Crippen LogP contribution >= 0.6 is 12.4 Å². The lowest BCUT2D eigenvalue weighted by Crippen LogP contribution is -2.30. The van der Waals surface area contributed by atoms with E-state index in [4.69, 9.17) is 5.73 Å². The van der Waals surface area contributed by atoms with E-state index in [9.17, 15) is 4.79 Å². The number of nitrogens with one attached hydrogen (secondary N) is 1. The van der Waals surface area contributed by atoms with Crippen molar-refractivity contribution in [2.24, 2.45) is 11.7 Å². The number of nitrogens with zero attached hydrogens (tertiary/aromatic N) is 4. The molecule has 0 aliphatic heterocycles. The number of anilines is 1. The van der Waals surface area contributed by atoms with E-state index in [0.717, 1.165) is 29.8 Å². The fourth-order valence-electron chi connectivity index (χ4n) is 3.07. The molecule has 3 aromatic rings. The molecule has 2 unspecified atom stereocenters. The number of benzene rings is 2. The maximum Gasteiger partial charge on any atom is 0.229 e. The SMILES string of the molecule is CC(C(=O)Nc1cccc(-c2nnnn2C2CC2)c1)C(N)c1ccccc1.Cl. The molecule has 2 atom stereocenters. The molecule has 0 spiro atoms. The lowest BCUT2D eigenvalue weighted by atomic mass is 9.94. The highest BCUT2D eigenvalue weighted by Gasteiger charge is 2.28. The summed E-state index contributed by atoms with van der Waals surface area (Å²) in [5, 5.41) is 15.0. The standard InChI is InChI=1S/C20H22N6O.ClH/c1-13(18(21)14-6-3-2-4-7-14)20(27)22-16-9-5-8-15(12-16)19-23-24-25-26(19)17-10-11-17;/h2-9,12-13,17-18H,10-11,21H2,1H3,(H,22,27);1H. The van der Waals surface area contributed by atoms with Gasteiger partial charge in [-0.3, -0.25) is 4.79 Å². The van der Waals surface area contributed by atoms with Gasteiger partial charge in [0.25, 0.3) is 0 Å². The summed E-state index contributed by atoms with van der Waals surface area (Å²) in [6, 6.07) is 17.3. The van der Waals surface area contributed by atoms with Crippen LogP contribution in [0.3, 0.4) is 0 Å². The topological polar surface area (TPSA) is 98.7 Å². The van der Waals surface area contributed by atoms with Crippen LogP contribution in [0.15, 0.2) is 54.6 Å². The molecule has 1 heterocycles. The molecule has 1 aliphatic carbocycles. The van der Waals surface area contributed by atoms with E-state index in [1.807, 2.05) is 66.2 Å². The molecule has 7 nitrogen and oxygen atoms in total. The van der Waals surface area contributed by atoms with E-state index in [1.165, 1.54) is 0 Å². The van der Waals surface area contributed by atoms with E-state index in [0.29, 0.717) is 11.7 Å². The van der Waals surface area contributed by atoms with Crippen LogP contribution in [0.25, 0.3) is 11.4 Å². The third kappa shape index (κ3) is 4.21. The maximum atomic E-state index is 12.7. The molecule has 1 aromatic heterocycles. The van der Waals surface area contributed by atoms with Crippen molar-refractivity contribution in [2.45, 2.75) is 31.8 Å². The largest absolute Gasteiger partial charge is 0.326 e. The van der Waals surface area contributed by atoms with Gasteiger partial charge in [0.05, 0.1) is 12.0 Å². The summed E-state index contributed by atoms with van der Waals surface area (Å²) >= 11 is 0. The number of halogens is 1. The molecule has 0 radical (unpaired) electrons. The minimum Gasteiger partial charge on any atom is -0.326 e. The first-order valence-electron chi connectivity index (χ1n) is 9.13. The summed E-state index contributed by atoms with van der Waals surface area (Å²) in [4.78, 5) is 12.7. The molecule has 8 heteroatoms. The number of amides is 1. The predicted octanol–water partition coefficient (Wildman–Crippen LogP) is 3.37. The van der Waals surface area contributed by atoms with Gasteiger partial charge >= 0.3 is 0 Å². The number of aromatic nitrogens is 4. The van der Waals surface area contributed by atoms with Crippen molar-refractivity contribution in [3.05, 3.63) is 60.2 Å². The fourth-order valence-corrected chi connectivity index (χ4v) is 3.07. The van der Waals surface area contributed by atoms with E-state index in [2.05, 4.69) is 20.8 Å². The molecule has 4 rings (SSSR count). The van der Waals surface area contributed by atoms with Crippen molar-refractivity contribution < 1.29 is 4.79 Å². The van der Waals surface area contributed by atoms with Crippen LogP contribution in [0, 0.1) is 5.92 Å². The number of rotatable bonds is 6. The van der Waals surface area contributed by atoms with Crippen molar-refractivity contribution in [1.82, 2.24) is 20.2 Å². The lowest BCUT2D eigenvalue weighted by Gasteiger charge is -2.20. The van der Waals surface area contributed by atoms with Crippen molar-refractivity contribution >= 4 is 24.0 Å². The predicted molar refractivity (Wildman–Crippen MR) is 110 cm³/mol. The van der Waals surface area contributed by atoms with Crippen molar-refractivity contribution in [3.63, 3.8) is 0 Å². The zero-order chi connectivity index (χ0) is 18.8. The van der Waals surface area contributed by atoms with E-state index >= 15 is 0 Å². The molecule has 146 valence electrons. The van der Waals surface area contributed by atoms with Gasteiger partial charge in [0.2, 0.25) is 5.91 Å². The summed E-state index contributed by atoms with van der Waals surface area (Å²) in [5.41, 5.74) is 8.79. The third-order valence-electron chi connectivity index (χ3n) is 4.91. The first-order valence-corrected chi connectivity index (χ1v) is 9.13. The lowest BCUT2D eigenvalue weighted by molar-refractivity contribution is -0.120. The molecule has 0 bridgehead atoms. The number of tetrazole rings is 1. The Balaban J connectivity index is 0.00000225. The second-order valence-corrected chi connectivity index (χ2v) is 6.97. The summed E-state index contributed by atoms with van der Waals surface area (Å²) in [6.45, 7) is 1.84. The number of carbonyl (C=O) groups excluding carboxylic acids is 1. The Hall–Kier alpha value is -2.77. The number of carbonyl (C=O) groups is 1. The normalized spacial score (nSPS) is 15.4. The average Bonchev–Trinajstić information content (AvgIpc) is 3.44. The Morgan fingerprint density at radius 2 is 1.93 bits per heavy atom. The van der Waals surface area contributed by atoms with Gasteiger partial charge in [0, 0.05) is 17.3 Å². The Labute approximate surface area is 169 Å². The number of hydrogen-bond donors (Lipinski definition) is 2. The quantitative estimate of drug-likeness (QED) is 0.663. The number of nitrogens with two attached hydrogens (primary N) is 1. The van der Waals surface area contributed by atoms with Crippen LogP contribution in [0.2, 0.25) is 0 Å². The number of hydrogen-bond acceptors (Lipinski definition) is 5. The first-order chi connectivity index (χ1) is 13.1. The van der Waals surface area contributed by atoms with Crippen LogP contribution in [-0.4, -0.2) is 26.1 Å². The van der Waals surface area contributed by atoms with Gasteiger partial charge in [-0.1, -0.05) is 49.4 Å². The van der Waals surface area contributed by atoms with Crippen LogP contribution in [0.1, 0.15) is 37.4 Å². The van der Waals surface area contributed by atoms with Crippen molar-refractivity contribution in [3.8, 4) is 11.4 Å². The summed E-state index contributed by atoms with van der Waals surface area (Å²) < 4.78 is 1.86. The minimum absolute atomic E-state index is 0. The molecule has 1 aliphatic rings. The Kier molecular flexibility index (Phi) is 6.06. The van der Waals surface area contributed by atoms with E-state index < -0.39 is 0 Å². The summed E-state index contributed by atoms with van der Waals surface area (Å²) in [6.07, 6.45) is 2.20. The molecular formula is C20H23ClN6O. The monoisotopic (exact) mass is 398 g/mol. The molecule has 1 fully saturated rings. The van der Waals surface area contributed by atoms with Gasteiger partial charge in [-0.05, 0) is 41.0 Å². The van der Waals surface area contributed by atoms with Crippen molar-refractivity contribution in [1.29, 1.82) is 0 Å². The highest BCUT2D eigenvalue weighted by atomic mass is 35.5. The minimum atomic E-state index is -0.368. The Bertz CT molecular complexity index is 941. The highest BCUT2D eigenvalue weighted by molar-refractivity contribution is 5.93.